The quantitative estimate of drug-likeness (QED) is 0.542. The van der Waals surface area contributed by atoms with Gasteiger partial charge in [-0.2, -0.15) is 4.31 Å². The first-order valence-electron chi connectivity index (χ1n) is 13.9. The summed E-state index contributed by atoms with van der Waals surface area (Å²) in [6.07, 6.45) is 3.72. The Balaban J connectivity index is 1.37. The number of hydrogen-bond acceptors (Lipinski definition) is 7. The van der Waals surface area contributed by atoms with E-state index in [9.17, 15) is 18.0 Å². The molecule has 0 radical (unpaired) electrons. The van der Waals surface area contributed by atoms with Crippen molar-refractivity contribution in [1.82, 2.24) is 14.1 Å². The zero-order valence-corrected chi connectivity index (χ0v) is 24.4. The van der Waals surface area contributed by atoms with Crippen molar-refractivity contribution in [2.75, 3.05) is 57.8 Å². The van der Waals surface area contributed by atoms with Gasteiger partial charge >= 0.3 is 0 Å². The average Bonchev–Trinajstić information content (AvgIpc) is 3.30. The molecule has 4 heterocycles. The first-order chi connectivity index (χ1) is 18.8. The number of sulfonamides is 1. The number of piperidine rings is 1. The van der Waals surface area contributed by atoms with E-state index in [-0.39, 0.29) is 16.7 Å². The lowest BCUT2D eigenvalue weighted by Gasteiger charge is -2.30. The molecule has 3 aliphatic rings. The lowest BCUT2D eigenvalue weighted by molar-refractivity contribution is 0.0302. The first kappa shape index (κ1) is 28.2. The lowest BCUT2D eigenvalue weighted by atomic mass is 10.0. The Hall–Kier alpha value is -2.31. The zero-order valence-electron chi connectivity index (χ0n) is 22.8. The summed E-state index contributed by atoms with van der Waals surface area (Å²) in [7, 11) is -3.60. The molecule has 3 aliphatic heterocycles. The van der Waals surface area contributed by atoms with E-state index in [1.54, 1.807) is 17.0 Å². The Kier molecular flexibility index (Phi) is 8.72. The van der Waals surface area contributed by atoms with Gasteiger partial charge in [-0.3, -0.25) is 14.5 Å². The highest BCUT2D eigenvalue weighted by atomic mass is 32.2. The van der Waals surface area contributed by atoms with Gasteiger partial charge in [-0.1, -0.05) is 13.8 Å². The number of hydrogen-bond donors (Lipinski definition) is 1. The summed E-state index contributed by atoms with van der Waals surface area (Å²) < 4.78 is 33.2. The summed E-state index contributed by atoms with van der Waals surface area (Å²) in [6.45, 7) is 10.0. The second-order valence-electron chi connectivity index (χ2n) is 10.7. The molecule has 39 heavy (non-hydrogen) atoms. The largest absolute Gasteiger partial charge is 0.378 e. The van der Waals surface area contributed by atoms with Crippen LogP contribution >= 0.6 is 11.3 Å². The van der Waals surface area contributed by atoms with Crippen LogP contribution in [0.1, 0.15) is 64.3 Å². The lowest BCUT2D eigenvalue weighted by Crippen LogP contribution is -2.41. The van der Waals surface area contributed by atoms with E-state index < -0.39 is 10.0 Å². The molecule has 1 unspecified atom stereocenters. The maximum absolute atomic E-state index is 13.6. The molecule has 1 atom stereocenters. The van der Waals surface area contributed by atoms with Crippen LogP contribution in [0.15, 0.2) is 29.2 Å². The van der Waals surface area contributed by atoms with Crippen LogP contribution in [0.5, 0.6) is 0 Å². The third-order valence-corrected chi connectivity index (χ3v) is 10.8. The Labute approximate surface area is 235 Å². The summed E-state index contributed by atoms with van der Waals surface area (Å²) in [5.41, 5.74) is 1.99. The summed E-state index contributed by atoms with van der Waals surface area (Å²) in [4.78, 5) is 32.5. The van der Waals surface area contributed by atoms with E-state index in [0.29, 0.717) is 61.4 Å². The fourth-order valence-electron chi connectivity index (χ4n) is 5.67. The third kappa shape index (κ3) is 6.07. The molecule has 2 amide bonds. The van der Waals surface area contributed by atoms with Gasteiger partial charge in [0.1, 0.15) is 5.00 Å². The van der Waals surface area contributed by atoms with Gasteiger partial charge in [0.05, 0.1) is 23.7 Å². The second kappa shape index (κ2) is 12.1. The predicted octanol–water partition coefficient (Wildman–Crippen LogP) is 3.66. The van der Waals surface area contributed by atoms with E-state index in [1.807, 2.05) is 0 Å². The van der Waals surface area contributed by atoms with Crippen molar-refractivity contribution >= 4 is 38.2 Å². The van der Waals surface area contributed by atoms with Crippen molar-refractivity contribution < 1.29 is 22.7 Å². The second-order valence-corrected chi connectivity index (χ2v) is 13.8. The van der Waals surface area contributed by atoms with Crippen LogP contribution in [0, 0.1) is 5.92 Å². The number of rotatable bonds is 7. The molecule has 5 rings (SSSR count). The molecular weight excluding hydrogens is 536 g/mol. The van der Waals surface area contributed by atoms with Crippen LogP contribution in [0.3, 0.4) is 0 Å². The predicted molar refractivity (Wildman–Crippen MR) is 152 cm³/mol. The normalized spacial score (nSPS) is 21.0. The standard InChI is InChI=1S/C28H38N4O5S2/c1-3-11-30-13-10-23-24(19-30)38-27(25(23)28(34)31-14-16-37-17-15-31)29-26(33)21-6-8-22(9-7-21)39(35,36)32-12-4-5-20(2)18-32/h6-9,20H,3-5,10-19H2,1-2H3,(H,29,33). The van der Waals surface area contributed by atoms with Crippen molar-refractivity contribution in [3.63, 3.8) is 0 Å². The van der Waals surface area contributed by atoms with Gasteiger partial charge < -0.3 is 15.0 Å². The van der Waals surface area contributed by atoms with Gasteiger partial charge in [-0.05, 0) is 68.0 Å². The molecule has 0 saturated carbocycles. The number of thiophene rings is 1. The molecule has 2 saturated heterocycles. The maximum atomic E-state index is 13.6. The van der Waals surface area contributed by atoms with Crippen LogP contribution in [0.2, 0.25) is 0 Å². The summed E-state index contributed by atoms with van der Waals surface area (Å²) in [6, 6.07) is 6.11. The summed E-state index contributed by atoms with van der Waals surface area (Å²) >= 11 is 1.48. The van der Waals surface area contributed by atoms with Crippen molar-refractivity contribution in [3.8, 4) is 0 Å². The number of benzene rings is 1. The first-order valence-corrected chi connectivity index (χ1v) is 16.2. The van der Waals surface area contributed by atoms with E-state index in [2.05, 4.69) is 24.1 Å². The van der Waals surface area contributed by atoms with Gasteiger partial charge in [-0.25, -0.2) is 8.42 Å². The Bertz CT molecular complexity index is 1300. The van der Waals surface area contributed by atoms with Gasteiger partial charge in [0.15, 0.2) is 0 Å². The highest BCUT2D eigenvalue weighted by Gasteiger charge is 2.32. The molecule has 2 fully saturated rings. The van der Waals surface area contributed by atoms with Gasteiger partial charge in [0, 0.05) is 49.7 Å². The van der Waals surface area contributed by atoms with Crippen LogP contribution in [0.25, 0.3) is 0 Å². The highest BCUT2D eigenvalue weighted by molar-refractivity contribution is 7.89. The minimum atomic E-state index is -3.60. The number of nitrogens with one attached hydrogen (secondary N) is 1. The number of carbonyl (C=O) groups is 2. The minimum Gasteiger partial charge on any atom is -0.378 e. The monoisotopic (exact) mass is 574 g/mol. The van der Waals surface area contributed by atoms with Crippen molar-refractivity contribution in [1.29, 1.82) is 0 Å². The number of amides is 2. The van der Waals surface area contributed by atoms with Crippen LogP contribution < -0.4 is 5.32 Å². The Morgan fingerprint density at radius 3 is 2.54 bits per heavy atom. The molecule has 0 aliphatic carbocycles. The van der Waals surface area contributed by atoms with Crippen LogP contribution in [0.4, 0.5) is 5.00 Å². The van der Waals surface area contributed by atoms with E-state index in [0.717, 1.165) is 55.8 Å². The number of nitrogens with zero attached hydrogens (tertiary/aromatic N) is 3. The number of ether oxygens (including phenoxy) is 1. The number of fused-ring (bicyclic) bond motifs is 1. The number of carbonyl (C=O) groups excluding carboxylic acids is 2. The SMILES string of the molecule is CCCN1CCc2c(sc(NC(=O)c3ccc(S(=O)(=O)N4CCCC(C)C4)cc3)c2C(=O)N2CCOCC2)C1. The Morgan fingerprint density at radius 1 is 1.10 bits per heavy atom. The van der Waals surface area contributed by atoms with Crippen molar-refractivity contribution in [3.05, 3.63) is 45.8 Å². The smallest absolute Gasteiger partial charge is 0.257 e. The topological polar surface area (TPSA) is 99.3 Å². The summed E-state index contributed by atoms with van der Waals surface area (Å²) in [5, 5.41) is 3.57. The van der Waals surface area contributed by atoms with Gasteiger partial charge in [-0.15, -0.1) is 11.3 Å². The van der Waals surface area contributed by atoms with E-state index in [1.165, 1.54) is 27.8 Å². The van der Waals surface area contributed by atoms with Gasteiger partial charge in [0.2, 0.25) is 10.0 Å². The zero-order chi connectivity index (χ0) is 27.6. The number of anilines is 1. The molecule has 1 aromatic heterocycles. The molecular formula is C28H38N4O5S2. The molecule has 9 nitrogen and oxygen atoms in total. The van der Waals surface area contributed by atoms with Crippen molar-refractivity contribution in [2.45, 2.75) is 51.0 Å². The fraction of sp³-hybridized carbons (Fsp3) is 0.571. The molecule has 2 aromatic rings. The highest BCUT2D eigenvalue weighted by Crippen LogP contribution is 2.38. The molecule has 0 spiro atoms. The molecule has 1 aromatic carbocycles. The minimum absolute atomic E-state index is 0.0627. The Morgan fingerprint density at radius 2 is 1.85 bits per heavy atom. The number of morpholine rings is 1. The van der Waals surface area contributed by atoms with Gasteiger partial charge in [0.25, 0.3) is 11.8 Å². The maximum Gasteiger partial charge on any atom is 0.257 e. The van der Waals surface area contributed by atoms with E-state index in [4.69, 9.17) is 4.74 Å². The summed E-state index contributed by atoms with van der Waals surface area (Å²) in [5.74, 6) is -0.0866. The third-order valence-electron chi connectivity index (χ3n) is 7.79. The molecule has 212 valence electrons. The molecule has 11 heteroatoms. The fourth-order valence-corrected chi connectivity index (χ4v) is 8.55. The van der Waals surface area contributed by atoms with E-state index >= 15 is 0 Å². The van der Waals surface area contributed by atoms with Crippen LogP contribution in [-0.4, -0.2) is 86.8 Å². The molecule has 0 bridgehead atoms. The average molecular weight is 575 g/mol. The molecule has 1 N–H and O–H groups in total. The van der Waals surface area contributed by atoms with Crippen LogP contribution in [-0.2, 0) is 27.7 Å². The van der Waals surface area contributed by atoms with Crippen molar-refractivity contribution in [2.24, 2.45) is 5.92 Å².